The quantitative estimate of drug-likeness (QED) is 0.521. The Labute approximate surface area is 69.1 Å². The minimum absolute atomic E-state index is 0.156. The third kappa shape index (κ3) is 3.77. The summed E-state index contributed by atoms with van der Waals surface area (Å²) in [7, 11) is 0. The van der Waals surface area contributed by atoms with Crippen molar-refractivity contribution in [1.29, 1.82) is 0 Å². The van der Waals surface area contributed by atoms with Crippen LogP contribution in [0.25, 0.3) is 0 Å². The normalized spacial score (nSPS) is 11.8. The van der Waals surface area contributed by atoms with Gasteiger partial charge in [-0.2, -0.15) is 0 Å². The molecule has 0 aromatic rings. The smallest absolute Gasteiger partial charge is 0.407 e. The van der Waals surface area contributed by atoms with E-state index in [1.807, 2.05) is 5.32 Å². The summed E-state index contributed by atoms with van der Waals surface area (Å²) in [6, 6.07) is -1.30. The highest BCUT2D eigenvalue weighted by Gasteiger charge is 2.18. The number of aliphatic hydroxyl groups is 1. The molecule has 0 unspecified atom stereocenters. The summed E-state index contributed by atoms with van der Waals surface area (Å²) in [6.45, 7) is 1.09. The first-order valence-corrected chi connectivity index (χ1v) is 3.38. The Bertz CT molecular complexity index is 169. The van der Waals surface area contributed by atoms with Gasteiger partial charge >= 0.3 is 12.1 Å². The molecular weight excluding hydrogens is 166 g/mol. The van der Waals surface area contributed by atoms with E-state index in [0.29, 0.717) is 0 Å². The third-order valence-corrected chi connectivity index (χ3v) is 1.05. The second-order valence-electron chi connectivity index (χ2n) is 1.94. The topological polar surface area (TPSA) is 95.9 Å². The average molecular weight is 177 g/mol. The first-order chi connectivity index (χ1) is 5.61. The van der Waals surface area contributed by atoms with Crippen LogP contribution in [0.3, 0.4) is 0 Å². The van der Waals surface area contributed by atoms with Crippen molar-refractivity contribution in [2.24, 2.45) is 0 Å². The number of carboxylic acid groups (broad SMARTS) is 1. The molecule has 0 aromatic carbocycles. The van der Waals surface area contributed by atoms with Crippen molar-refractivity contribution >= 4 is 12.1 Å². The summed E-state index contributed by atoms with van der Waals surface area (Å²) in [6.07, 6.45) is -0.848. The highest BCUT2D eigenvalue weighted by Crippen LogP contribution is 1.84. The molecule has 0 rings (SSSR count). The van der Waals surface area contributed by atoms with Crippen molar-refractivity contribution in [2.45, 2.75) is 13.0 Å². The Morgan fingerprint density at radius 1 is 1.58 bits per heavy atom. The van der Waals surface area contributed by atoms with Gasteiger partial charge in [0.1, 0.15) is 0 Å². The number of hydrogen-bond donors (Lipinski definition) is 3. The van der Waals surface area contributed by atoms with Crippen molar-refractivity contribution in [2.75, 3.05) is 13.2 Å². The zero-order chi connectivity index (χ0) is 9.56. The Hall–Kier alpha value is -1.30. The van der Waals surface area contributed by atoms with Crippen LogP contribution in [0.1, 0.15) is 6.92 Å². The minimum atomic E-state index is -1.30. The van der Waals surface area contributed by atoms with Gasteiger partial charge in [0.25, 0.3) is 0 Å². The van der Waals surface area contributed by atoms with E-state index >= 15 is 0 Å². The predicted molar refractivity (Wildman–Crippen MR) is 38.7 cm³/mol. The second kappa shape index (κ2) is 5.36. The maximum absolute atomic E-state index is 10.6. The van der Waals surface area contributed by atoms with Crippen LogP contribution in [-0.2, 0) is 9.53 Å². The van der Waals surface area contributed by atoms with Gasteiger partial charge in [-0.3, -0.25) is 0 Å². The molecule has 6 nitrogen and oxygen atoms in total. The Morgan fingerprint density at radius 3 is 2.50 bits per heavy atom. The second-order valence-corrected chi connectivity index (χ2v) is 1.94. The van der Waals surface area contributed by atoms with Crippen LogP contribution in [0.15, 0.2) is 0 Å². The molecule has 12 heavy (non-hydrogen) atoms. The molecule has 0 saturated heterocycles. The van der Waals surface area contributed by atoms with Crippen molar-refractivity contribution in [3.8, 4) is 0 Å². The molecule has 0 aliphatic rings. The van der Waals surface area contributed by atoms with Crippen LogP contribution < -0.4 is 5.32 Å². The molecular formula is C6H11NO5. The highest BCUT2D eigenvalue weighted by atomic mass is 16.5. The van der Waals surface area contributed by atoms with Gasteiger partial charge in [0.15, 0.2) is 6.04 Å². The van der Waals surface area contributed by atoms with Gasteiger partial charge in [0, 0.05) is 0 Å². The van der Waals surface area contributed by atoms with Crippen molar-refractivity contribution in [3.05, 3.63) is 0 Å². The number of amides is 1. The van der Waals surface area contributed by atoms with Gasteiger partial charge < -0.3 is 20.3 Å². The Morgan fingerprint density at radius 2 is 2.17 bits per heavy atom. The van der Waals surface area contributed by atoms with Crippen LogP contribution in [0, 0.1) is 0 Å². The Balaban J connectivity index is 3.85. The van der Waals surface area contributed by atoms with Gasteiger partial charge in [-0.25, -0.2) is 9.59 Å². The summed E-state index contributed by atoms with van der Waals surface area (Å²) >= 11 is 0. The van der Waals surface area contributed by atoms with Crippen molar-refractivity contribution < 1.29 is 24.5 Å². The molecule has 0 radical (unpaired) electrons. The van der Waals surface area contributed by atoms with E-state index in [2.05, 4.69) is 4.74 Å². The summed E-state index contributed by atoms with van der Waals surface area (Å²) in [5.74, 6) is -1.30. The molecule has 0 fully saturated rings. The number of alkyl carbamates (subject to hydrolysis) is 1. The third-order valence-electron chi connectivity index (χ3n) is 1.05. The molecule has 1 amide bonds. The van der Waals surface area contributed by atoms with Gasteiger partial charge in [-0.1, -0.05) is 0 Å². The number of ether oxygens (including phenoxy) is 1. The lowest BCUT2D eigenvalue weighted by molar-refractivity contribution is -0.140. The lowest BCUT2D eigenvalue weighted by Gasteiger charge is -2.10. The monoisotopic (exact) mass is 177 g/mol. The van der Waals surface area contributed by atoms with Gasteiger partial charge in [0.2, 0.25) is 0 Å². The molecule has 0 bridgehead atoms. The summed E-state index contributed by atoms with van der Waals surface area (Å²) < 4.78 is 4.40. The van der Waals surface area contributed by atoms with E-state index in [1.165, 1.54) is 0 Å². The fourth-order valence-electron chi connectivity index (χ4n) is 0.500. The number of aliphatic carboxylic acids is 1. The minimum Gasteiger partial charge on any atom is -0.480 e. The SMILES string of the molecule is CCOC(=O)N[C@@H](CO)C(=O)O. The van der Waals surface area contributed by atoms with Crippen LogP contribution in [0.2, 0.25) is 0 Å². The summed E-state index contributed by atoms with van der Waals surface area (Å²) in [5, 5.41) is 18.8. The highest BCUT2D eigenvalue weighted by molar-refractivity contribution is 5.79. The van der Waals surface area contributed by atoms with E-state index in [-0.39, 0.29) is 6.61 Å². The van der Waals surface area contributed by atoms with Crippen molar-refractivity contribution in [3.63, 3.8) is 0 Å². The molecule has 0 aliphatic heterocycles. The summed E-state index contributed by atoms with van der Waals surface area (Å²) in [4.78, 5) is 20.8. The van der Waals surface area contributed by atoms with E-state index in [1.54, 1.807) is 6.92 Å². The maximum Gasteiger partial charge on any atom is 0.407 e. The fraction of sp³-hybridized carbons (Fsp3) is 0.667. The van der Waals surface area contributed by atoms with E-state index in [9.17, 15) is 9.59 Å². The standard InChI is InChI=1S/C6H11NO5/c1-2-12-6(11)7-4(3-8)5(9)10/h4,8H,2-3H2,1H3,(H,7,11)(H,9,10)/t4-/m0/s1. The fourth-order valence-corrected chi connectivity index (χ4v) is 0.500. The van der Waals surface area contributed by atoms with Crippen LogP contribution in [0.5, 0.6) is 0 Å². The van der Waals surface area contributed by atoms with Crippen LogP contribution >= 0.6 is 0 Å². The van der Waals surface area contributed by atoms with E-state index < -0.39 is 24.7 Å². The van der Waals surface area contributed by atoms with E-state index in [0.717, 1.165) is 0 Å². The molecule has 0 aliphatic carbocycles. The maximum atomic E-state index is 10.6. The molecule has 0 saturated carbocycles. The largest absolute Gasteiger partial charge is 0.480 e. The van der Waals surface area contributed by atoms with Crippen molar-refractivity contribution in [1.82, 2.24) is 5.32 Å². The first-order valence-electron chi connectivity index (χ1n) is 3.38. The van der Waals surface area contributed by atoms with Gasteiger partial charge in [-0.05, 0) is 6.92 Å². The zero-order valence-corrected chi connectivity index (χ0v) is 6.61. The number of hydrogen-bond acceptors (Lipinski definition) is 4. The Kier molecular flexibility index (Phi) is 4.78. The average Bonchev–Trinajstić information content (AvgIpc) is 2.00. The molecule has 1 atom stereocenters. The van der Waals surface area contributed by atoms with Crippen LogP contribution in [0.4, 0.5) is 4.79 Å². The summed E-state index contributed by atoms with van der Waals surface area (Å²) in [5.41, 5.74) is 0. The lowest BCUT2D eigenvalue weighted by atomic mass is 10.3. The molecule has 6 heteroatoms. The molecule has 3 N–H and O–H groups in total. The molecule has 0 heterocycles. The van der Waals surface area contributed by atoms with E-state index in [4.69, 9.17) is 10.2 Å². The van der Waals surface area contributed by atoms with Crippen LogP contribution in [-0.4, -0.2) is 41.5 Å². The number of carboxylic acids is 1. The molecule has 0 spiro atoms. The number of carbonyl (C=O) groups is 2. The number of aliphatic hydroxyl groups excluding tert-OH is 1. The number of nitrogens with one attached hydrogen (secondary N) is 1. The van der Waals surface area contributed by atoms with Gasteiger partial charge in [0.05, 0.1) is 13.2 Å². The van der Waals surface area contributed by atoms with Gasteiger partial charge in [-0.15, -0.1) is 0 Å². The molecule has 0 aromatic heterocycles. The molecule has 70 valence electrons. The predicted octanol–water partition coefficient (Wildman–Crippen LogP) is -0.822. The number of rotatable bonds is 4. The zero-order valence-electron chi connectivity index (χ0n) is 6.61. The first kappa shape index (κ1) is 10.7. The lowest BCUT2D eigenvalue weighted by Crippen LogP contribution is -2.43. The number of carbonyl (C=O) groups excluding carboxylic acids is 1.